The number of aliphatic imine (C=N–C) groups is 1. The van der Waals surface area contributed by atoms with Crippen LogP contribution in [0.5, 0.6) is 0 Å². The van der Waals surface area contributed by atoms with E-state index in [-0.39, 0.29) is 6.04 Å². The fraction of sp³-hybridized carbons (Fsp3) is 0.522. The van der Waals surface area contributed by atoms with Crippen molar-refractivity contribution < 1.29 is 4.74 Å². The third kappa shape index (κ3) is 3.26. The number of nitrogens with one attached hydrogen (secondary N) is 1. The number of hydrogen-bond acceptors (Lipinski definition) is 7. The summed E-state index contributed by atoms with van der Waals surface area (Å²) in [7, 11) is 0. The normalized spacial score (nSPS) is 28.3. The van der Waals surface area contributed by atoms with Crippen LogP contribution in [0, 0.1) is 5.92 Å². The van der Waals surface area contributed by atoms with Crippen molar-refractivity contribution in [2.24, 2.45) is 10.9 Å². The number of ether oxygens (including phenoxy) is 1. The van der Waals surface area contributed by atoms with E-state index in [0.29, 0.717) is 6.04 Å². The van der Waals surface area contributed by atoms with Crippen LogP contribution in [0.4, 0.5) is 5.69 Å². The number of rotatable bonds is 2. The number of benzene rings is 1. The molecule has 1 aromatic heterocycles. The van der Waals surface area contributed by atoms with Crippen molar-refractivity contribution in [2.75, 3.05) is 50.8 Å². The first-order valence-electron chi connectivity index (χ1n) is 11.1. The van der Waals surface area contributed by atoms with E-state index < -0.39 is 0 Å². The number of fused-ring (bicyclic) bond motifs is 2. The van der Waals surface area contributed by atoms with Gasteiger partial charge in [-0.05, 0) is 36.6 Å². The highest BCUT2D eigenvalue weighted by Gasteiger charge is 2.39. The van der Waals surface area contributed by atoms with Crippen LogP contribution in [0.1, 0.15) is 29.4 Å². The highest BCUT2D eigenvalue weighted by atomic mass is 16.5. The second kappa shape index (κ2) is 7.63. The second-order valence-electron chi connectivity index (χ2n) is 8.73. The van der Waals surface area contributed by atoms with Gasteiger partial charge in [-0.15, -0.1) is 0 Å². The van der Waals surface area contributed by atoms with E-state index in [2.05, 4.69) is 49.4 Å². The zero-order chi connectivity index (χ0) is 19.9. The van der Waals surface area contributed by atoms with Crippen LogP contribution in [-0.4, -0.2) is 72.7 Å². The van der Waals surface area contributed by atoms with Crippen molar-refractivity contribution in [1.29, 1.82) is 0 Å². The van der Waals surface area contributed by atoms with Crippen molar-refractivity contribution in [3.63, 3.8) is 0 Å². The lowest BCUT2D eigenvalue weighted by molar-refractivity contribution is 0.122. The van der Waals surface area contributed by atoms with Gasteiger partial charge in [0.25, 0.3) is 0 Å². The number of amidine groups is 1. The van der Waals surface area contributed by atoms with E-state index in [1.165, 1.54) is 17.7 Å². The average Bonchev–Trinajstić information content (AvgIpc) is 3.42. The van der Waals surface area contributed by atoms with Crippen LogP contribution < -0.4 is 10.2 Å². The van der Waals surface area contributed by atoms with E-state index >= 15 is 0 Å². The number of nitrogens with zero attached hydrogens (tertiary/aromatic N) is 5. The summed E-state index contributed by atoms with van der Waals surface area (Å²) in [6.45, 7) is 6.75. The Bertz CT molecular complexity index is 927. The Kier molecular flexibility index (Phi) is 4.65. The molecule has 2 aromatic rings. The molecule has 3 saturated heterocycles. The van der Waals surface area contributed by atoms with Gasteiger partial charge in [0.15, 0.2) is 5.84 Å². The predicted molar refractivity (Wildman–Crippen MR) is 116 cm³/mol. The van der Waals surface area contributed by atoms with Gasteiger partial charge in [-0.25, -0.2) is 4.98 Å². The minimum absolute atomic E-state index is 0.0938. The number of morpholine rings is 1. The molecule has 1 N–H and O–H groups in total. The topological polar surface area (TPSA) is 65.9 Å². The first-order chi connectivity index (χ1) is 14.8. The van der Waals surface area contributed by atoms with Gasteiger partial charge in [-0.2, -0.15) is 0 Å². The van der Waals surface area contributed by atoms with Gasteiger partial charge >= 0.3 is 0 Å². The third-order valence-corrected chi connectivity index (χ3v) is 6.97. The molecule has 0 aliphatic carbocycles. The number of anilines is 1. The fourth-order valence-electron chi connectivity index (χ4n) is 5.32. The molecule has 3 unspecified atom stereocenters. The summed E-state index contributed by atoms with van der Waals surface area (Å²) in [6.07, 6.45) is 5.66. The first-order valence-corrected chi connectivity index (χ1v) is 11.1. The van der Waals surface area contributed by atoms with E-state index in [1.54, 1.807) is 12.4 Å². The van der Waals surface area contributed by atoms with Gasteiger partial charge in [0, 0.05) is 56.7 Å². The SMILES string of the molecule is c1cnc2c(n1)CC(c1ccc(N3CCOCC3)cc1)N=C2N1CC2CCNC2C1. The Morgan fingerprint density at radius 3 is 2.63 bits per heavy atom. The van der Waals surface area contributed by atoms with E-state index in [1.807, 2.05) is 0 Å². The molecule has 3 atom stereocenters. The fourth-order valence-corrected chi connectivity index (χ4v) is 5.32. The Morgan fingerprint density at radius 1 is 0.967 bits per heavy atom. The second-order valence-corrected chi connectivity index (χ2v) is 8.73. The molecule has 3 fully saturated rings. The van der Waals surface area contributed by atoms with Gasteiger partial charge in [0.05, 0.1) is 24.9 Å². The van der Waals surface area contributed by atoms with Crippen LogP contribution in [-0.2, 0) is 11.2 Å². The minimum Gasteiger partial charge on any atom is -0.378 e. The lowest BCUT2D eigenvalue weighted by atomic mass is 9.97. The Balaban J connectivity index is 1.29. The molecular formula is C23H28N6O. The quantitative estimate of drug-likeness (QED) is 0.821. The summed E-state index contributed by atoms with van der Waals surface area (Å²) >= 11 is 0. The Hall–Kier alpha value is -2.51. The van der Waals surface area contributed by atoms with Gasteiger partial charge in [-0.1, -0.05) is 12.1 Å². The zero-order valence-corrected chi connectivity index (χ0v) is 17.2. The molecule has 0 radical (unpaired) electrons. The average molecular weight is 405 g/mol. The van der Waals surface area contributed by atoms with Crippen molar-refractivity contribution in [3.8, 4) is 0 Å². The zero-order valence-electron chi connectivity index (χ0n) is 17.2. The standard InChI is InChI=1S/C23H28N6O/c1-3-18(28-9-11-30-12-10-28)4-2-16(1)19-13-20-22(26-8-7-25-20)23(27-19)29-14-17-5-6-24-21(17)15-29/h1-4,7-8,17,19,21,24H,5-6,9-15H2. The Labute approximate surface area is 177 Å². The highest BCUT2D eigenvalue weighted by Crippen LogP contribution is 2.33. The smallest absolute Gasteiger partial charge is 0.152 e. The maximum Gasteiger partial charge on any atom is 0.152 e. The molecule has 5 heterocycles. The van der Waals surface area contributed by atoms with Gasteiger partial charge in [0.1, 0.15) is 5.69 Å². The number of aromatic nitrogens is 2. The van der Waals surface area contributed by atoms with Gasteiger partial charge in [0.2, 0.25) is 0 Å². The molecular weight excluding hydrogens is 376 g/mol. The largest absolute Gasteiger partial charge is 0.378 e. The summed E-state index contributed by atoms with van der Waals surface area (Å²) in [5.41, 5.74) is 4.55. The van der Waals surface area contributed by atoms with Crippen LogP contribution in [0.15, 0.2) is 41.7 Å². The maximum absolute atomic E-state index is 5.48. The first kappa shape index (κ1) is 18.3. The maximum atomic E-state index is 5.48. The Morgan fingerprint density at radius 2 is 1.80 bits per heavy atom. The molecule has 7 heteroatoms. The van der Waals surface area contributed by atoms with Crippen molar-refractivity contribution >= 4 is 11.5 Å². The van der Waals surface area contributed by atoms with Gasteiger partial charge in [-0.3, -0.25) is 9.98 Å². The molecule has 0 amide bonds. The van der Waals surface area contributed by atoms with Crippen molar-refractivity contribution in [3.05, 3.63) is 53.6 Å². The molecule has 0 spiro atoms. The summed E-state index contributed by atoms with van der Waals surface area (Å²) in [5.74, 6) is 1.75. The number of likely N-dealkylation sites (tertiary alicyclic amines) is 1. The van der Waals surface area contributed by atoms with Crippen molar-refractivity contribution in [2.45, 2.75) is 24.9 Å². The van der Waals surface area contributed by atoms with E-state index in [4.69, 9.17) is 9.73 Å². The predicted octanol–water partition coefficient (Wildman–Crippen LogP) is 1.65. The van der Waals surface area contributed by atoms with Crippen molar-refractivity contribution in [1.82, 2.24) is 20.2 Å². The minimum atomic E-state index is 0.0938. The summed E-state index contributed by atoms with van der Waals surface area (Å²) in [4.78, 5) is 19.4. The molecule has 1 aromatic carbocycles. The molecule has 30 heavy (non-hydrogen) atoms. The summed E-state index contributed by atoms with van der Waals surface area (Å²) in [6, 6.07) is 9.60. The molecule has 0 bridgehead atoms. The van der Waals surface area contributed by atoms with Crippen LogP contribution in [0.2, 0.25) is 0 Å². The highest BCUT2D eigenvalue weighted by molar-refractivity contribution is 5.99. The molecule has 156 valence electrons. The molecule has 0 saturated carbocycles. The molecule has 6 rings (SSSR count). The van der Waals surface area contributed by atoms with Crippen LogP contribution in [0.25, 0.3) is 0 Å². The molecule has 4 aliphatic heterocycles. The summed E-state index contributed by atoms with van der Waals surface area (Å²) in [5, 5.41) is 3.65. The lowest BCUT2D eigenvalue weighted by Crippen LogP contribution is -2.37. The monoisotopic (exact) mass is 404 g/mol. The van der Waals surface area contributed by atoms with Crippen LogP contribution in [0.3, 0.4) is 0 Å². The summed E-state index contributed by atoms with van der Waals surface area (Å²) < 4.78 is 5.48. The third-order valence-electron chi connectivity index (χ3n) is 6.97. The number of hydrogen-bond donors (Lipinski definition) is 1. The lowest BCUT2D eigenvalue weighted by Gasteiger charge is -2.30. The van der Waals surface area contributed by atoms with Crippen LogP contribution >= 0.6 is 0 Å². The van der Waals surface area contributed by atoms with E-state index in [0.717, 1.165) is 75.5 Å². The molecule has 4 aliphatic rings. The van der Waals surface area contributed by atoms with E-state index in [9.17, 15) is 0 Å². The molecule has 7 nitrogen and oxygen atoms in total. The van der Waals surface area contributed by atoms with Gasteiger partial charge < -0.3 is 19.9 Å².